The molecule has 2 rings (SSSR count). The molecule has 1 aliphatic rings. The van der Waals surface area contributed by atoms with Gasteiger partial charge in [0.15, 0.2) is 0 Å². The van der Waals surface area contributed by atoms with Gasteiger partial charge in [-0.2, -0.15) is 0 Å². The molecule has 0 aliphatic carbocycles. The number of fused-ring (bicyclic) bond motifs is 1. The molecule has 0 spiro atoms. The van der Waals surface area contributed by atoms with Crippen LogP contribution in [0.25, 0.3) is 0 Å². The quantitative estimate of drug-likeness (QED) is 0.799. The fourth-order valence-corrected chi connectivity index (χ4v) is 2.34. The first-order valence-corrected chi connectivity index (χ1v) is 7.23. The summed E-state index contributed by atoms with van der Waals surface area (Å²) >= 11 is 0. The Morgan fingerprint density at radius 3 is 2.86 bits per heavy atom. The molecular weight excluding hydrogens is 266 g/mol. The number of ether oxygens (including phenoxy) is 2. The Bertz CT molecular complexity index is 531. The largest absolute Gasteiger partial charge is 0.489 e. The van der Waals surface area contributed by atoms with E-state index in [1.54, 1.807) is 11.0 Å². The summed E-state index contributed by atoms with van der Waals surface area (Å²) in [6.07, 6.45) is 2.25. The van der Waals surface area contributed by atoms with Crippen LogP contribution >= 0.6 is 0 Å². The number of hydrogen-bond donors (Lipinski definition) is 0. The van der Waals surface area contributed by atoms with Gasteiger partial charge in [0.2, 0.25) is 0 Å². The van der Waals surface area contributed by atoms with Crippen molar-refractivity contribution in [2.45, 2.75) is 39.3 Å². The Morgan fingerprint density at radius 2 is 2.19 bits per heavy atom. The number of benzene rings is 1. The van der Waals surface area contributed by atoms with Crippen LogP contribution in [0, 0.1) is 0 Å². The Labute approximate surface area is 126 Å². The van der Waals surface area contributed by atoms with Gasteiger partial charge in [-0.15, -0.1) is 0 Å². The molecule has 0 radical (unpaired) electrons. The maximum absolute atomic E-state index is 12.1. The molecule has 0 fully saturated rings. The molecule has 1 aromatic carbocycles. The summed E-state index contributed by atoms with van der Waals surface area (Å²) in [6.45, 7) is 11.0. The molecule has 0 N–H and O–H groups in total. The van der Waals surface area contributed by atoms with E-state index in [0.717, 1.165) is 17.7 Å². The van der Waals surface area contributed by atoms with Crippen molar-refractivity contribution >= 4 is 6.09 Å². The van der Waals surface area contributed by atoms with E-state index in [9.17, 15) is 4.79 Å². The van der Waals surface area contributed by atoms with Crippen LogP contribution in [0.1, 0.15) is 31.9 Å². The summed E-state index contributed by atoms with van der Waals surface area (Å²) < 4.78 is 11.1. The fourth-order valence-electron chi connectivity index (χ4n) is 2.34. The van der Waals surface area contributed by atoms with Crippen molar-refractivity contribution < 1.29 is 14.3 Å². The van der Waals surface area contributed by atoms with Crippen molar-refractivity contribution in [3.05, 3.63) is 42.0 Å². The van der Waals surface area contributed by atoms with E-state index in [1.807, 2.05) is 39.0 Å². The molecule has 0 saturated heterocycles. The van der Waals surface area contributed by atoms with Crippen LogP contribution in [0.15, 0.2) is 30.9 Å². The van der Waals surface area contributed by atoms with Crippen molar-refractivity contribution in [1.82, 2.24) is 4.90 Å². The zero-order valence-electron chi connectivity index (χ0n) is 13.0. The van der Waals surface area contributed by atoms with Gasteiger partial charge in [0.05, 0.1) is 0 Å². The zero-order chi connectivity index (χ0) is 15.5. The summed E-state index contributed by atoms with van der Waals surface area (Å²) in [5.74, 6) is 0.885. The fraction of sp³-hybridized carbons (Fsp3) is 0.471. The Morgan fingerprint density at radius 1 is 1.43 bits per heavy atom. The highest BCUT2D eigenvalue weighted by atomic mass is 16.6. The SMILES string of the molecule is C=CCOc1cccc2c1CCN(C(=O)OC(C)(C)C)C2. The number of nitrogens with zero attached hydrogens (tertiary/aromatic N) is 1. The minimum atomic E-state index is -0.466. The van der Waals surface area contributed by atoms with Crippen molar-refractivity contribution in [3.63, 3.8) is 0 Å². The Kier molecular flexibility index (Phi) is 4.56. The third kappa shape index (κ3) is 4.00. The van der Waals surface area contributed by atoms with Crippen LogP contribution in [0.5, 0.6) is 5.75 Å². The second kappa shape index (κ2) is 6.20. The van der Waals surface area contributed by atoms with Crippen molar-refractivity contribution in [2.24, 2.45) is 0 Å². The van der Waals surface area contributed by atoms with Gasteiger partial charge in [-0.05, 0) is 38.8 Å². The summed E-state index contributed by atoms with van der Waals surface area (Å²) in [5.41, 5.74) is 1.83. The van der Waals surface area contributed by atoms with Crippen LogP contribution in [0.4, 0.5) is 4.79 Å². The summed E-state index contributed by atoms with van der Waals surface area (Å²) in [7, 11) is 0. The molecule has 0 aromatic heterocycles. The Hall–Kier alpha value is -1.97. The molecule has 4 nitrogen and oxygen atoms in total. The molecule has 1 amide bonds. The van der Waals surface area contributed by atoms with Crippen LogP contribution in [-0.2, 0) is 17.7 Å². The molecule has 4 heteroatoms. The minimum Gasteiger partial charge on any atom is -0.489 e. The van der Waals surface area contributed by atoms with Gasteiger partial charge in [-0.3, -0.25) is 0 Å². The predicted octanol–water partition coefficient (Wildman–Crippen LogP) is 3.54. The van der Waals surface area contributed by atoms with Gasteiger partial charge in [-0.25, -0.2) is 4.79 Å². The first-order valence-electron chi connectivity index (χ1n) is 7.23. The van der Waals surface area contributed by atoms with E-state index >= 15 is 0 Å². The summed E-state index contributed by atoms with van der Waals surface area (Å²) in [4.78, 5) is 13.9. The van der Waals surface area contributed by atoms with E-state index in [-0.39, 0.29) is 6.09 Å². The average Bonchev–Trinajstić information content (AvgIpc) is 2.42. The van der Waals surface area contributed by atoms with Crippen LogP contribution in [0.2, 0.25) is 0 Å². The van der Waals surface area contributed by atoms with Crippen molar-refractivity contribution in [3.8, 4) is 5.75 Å². The highest BCUT2D eigenvalue weighted by Gasteiger charge is 2.26. The van der Waals surface area contributed by atoms with E-state index < -0.39 is 5.60 Å². The summed E-state index contributed by atoms with van der Waals surface area (Å²) in [6, 6.07) is 5.95. The molecule has 0 saturated carbocycles. The molecule has 0 bridgehead atoms. The Balaban J connectivity index is 2.10. The highest BCUT2D eigenvalue weighted by Crippen LogP contribution is 2.28. The lowest BCUT2D eigenvalue weighted by Crippen LogP contribution is -2.40. The van der Waals surface area contributed by atoms with E-state index in [1.165, 1.54) is 5.56 Å². The van der Waals surface area contributed by atoms with Crippen molar-refractivity contribution in [1.29, 1.82) is 0 Å². The van der Waals surface area contributed by atoms with E-state index in [2.05, 4.69) is 6.58 Å². The molecule has 0 unspecified atom stereocenters. The maximum atomic E-state index is 12.1. The first kappa shape index (κ1) is 15.4. The molecule has 21 heavy (non-hydrogen) atoms. The van der Waals surface area contributed by atoms with E-state index in [4.69, 9.17) is 9.47 Å². The van der Waals surface area contributed by atoms with Gasteiger partial charge in [0, 0.05) is 18.7 Å². The van der Waals surface area contributed by atoms with Gasteiger partial charge in [0.1, 0.15) is 18.0 Å². The standard InChI is InChI=1S/C17H23NO3/c1-5-11-20-15-8-6-7-13-12-18(10-9-14(13)15)16(19)21-17(2,3)4/h5-8H,1,9-12H2,2-4H3. The van der Waals surface area contributed by atoms with Crippen LogP contribution in [-0.4, -0.2) is 29.7 Å². The zero-order valence-corrected chi connectivity index (χ0v) is 13.0. The maximum Gasteiger partial charge on any atom is 0.410 e. The topological polar surface area (TPSA) is 38.8 Å². The van der Waals surface area contributed by atoms with Gasteiger partial charge < -0.3 is 14.4 Å². The molecule has 1 heterocycles. The third-order valence-electron chi connectivity index (χ3n) is 3.23. The third-order valence-corrected chi connectivity index (χ3v) is 3.23. The van der Waals surface area contributed by atoms with E-state index in [0.29, 0.717) is 19.7 Å². The van der Waals surface area contributed by atoms with Gasteiger partial charge >= 0.3 is 6.09 Å². The predicted molar refractivity (Wildman–Crippen MR) is 82.5 cm³/mol. The van der Waals surface area contributed by atoms with Crippen molar-refractivity contribution in [2.75, 3.05) is 13.2 Å². The lowest BCUT2D eigenvalue weighted by atomic mass is 9.99. The smallest absolute Gasteiger partial charge is 0.410 e. The van der Waals surface area contributed by atoms with Gasteiger partial charge in [0.25, 0.3) is 0 Å². The van der Waals surface area contributed by atoms with Gasteiger partial charge in [-0.1, -0.05) is 24.8 Å². The number of rotatable bonds is 3. The van der Waals surface area contributed by atoms with Crippen LogP contribution in [0.3, 0.4) is 0 Å². The highest BCUT2D eigenvalue weighted by molar-refractivity contribution is 5.69. The second-order valence-corrected chi connectivity index (χ2v) is 6.15. The normalized spacial score (nSPS) is 14.3. The molecule has 114 valence electrons. The lowest BCUT2D eigenvalue weighted by molar-refractivity contribution is 0.0223. The minimum absolute atomic E-state index is 0.259. The lowest BCUT2D eigenvalue weighted by Gasteiger charge is -2.31. The summed E-state index contributed by atoms with van der Waals surface area (Å²) in [5, 5.41) is 0. The van der Waals surface area contributed by atoms with Crippen LogP contribution < -0.4 is 4.74 Å². The molecule has 1 aliphatic heterocycles. The molecular formula is C17H23NO3. The average molecular weight is 289 g/mol. The monoisotopic (exact) mass is 289 g/mol. The molecule has 0 atom stereocenters. The number of carbonyl (C=O) groups excluding carboxylic acids is 1. The number of amides is 1. The second-order valence-electron chi connectivity index (χ2n) is 6.15. The molecule has 1 aromatic rings. The number of hydrogen-bond acceptors (Lipinski definition) is 3. The first-order chi connectivity index (χ1) is 9.90. The number of carbonyl (C=O) groups is 1.